The Balaban J connectivity index is 2.11. The number of halogens is 2. The Hall–Kier alpha value is -1.87. The van der Waals surface area contributed by atoms with Crippen LogP contribution >= 0.6 is 11.6 Å². The lowest BCUT2D eigenvalue weighted by Crippen LogP contribution is -2.08. The first-order chi connectivity index (χ1) is 9.60. The third-order valence-electron chi connectivity index (χ3n) is 2.98. The molecule has 0 aliphatic carbocycles. The number of ether oxygens (including phenoxy) is 1. The number of benzene rings is 2. The SMILES string of the molecule is COc1ccccc1CC(=O)Cc1cc(F)ccc1Cl. The number of hydrogen-bond acceptors (Lipinski definition) is 2. The second kappa shape index (κ2) is 6.53. The van der Waals surface area contributed by atoms with E-state index in [9.17, 15) is 9.18 Å². The van der Waals surface area contributed by atoms with Crippen LogP contribution in [0.15, 0.2) is 42.5 Å². The van der Waals surface area contributed by atoms with E-state index in [-0.39, 0.29) is 18.6 Å². The molecule has 0 aromatic heterocycles. The van der Waals surface area contributed by atoms with E-state index in [1.54, 1.807) is 13.2 Å². The number of rotatable bonds is 5. The minimum absolute atomic E-state index is 0.0398. The van der Waals surface area contributed by atoms with Gasteiger partial charge in [-0.2, -0.15) is 0 Å². The maximum absolute atomic E-state index is 13.2. The highest BCUT2D eigenvalue weighted by Gasteiger charge is 2.11. The minimum Gasteiger partial charge on any atom is -0.496 e. The van der Waals surface area contributed by atoms with E-state index in [4.69, 9.17) is 16.3 Å². The molecule has 0 spiro atoms. The van der Waals surface area contributed by atoms with Gasteiger partial charge in [0.15, 0.2) is 0 Å². The lowest BCUT2D eigenvalue weighted by atomic mass is 10.0. The van der Waals surface area contributed by atoms with Crippen molar-refractivity contribution in [1.82, 2.24) is 0 Å². The molecule has 104 valence electrons. The molecule has 0 saturated carbocycles. The third-order valence-corrected chi connectivity index (χ3v) is 3.34. The maximum atomic E-state index is 13.2. The predicted octanol–water partition coefficient (Wildman–Crippen LogP) is 3.84. The second-order valence-electron chi connectivity index (χ2n) is 4.44. The zero-order chi connectivity index (χ0) is 14.5. The van der Waals surface area contributed by atoms with Crippen LogP contribution < -0.4 is 4.74 Å². The normalized spacial score (nSPS) is 10.3. The van der Waals surface area contributed by atoms with Crippen LogP contribution in [0.1, 0.15) is 11.1 Å². The van der Waals surface area contributed by atoms with Gasteiger partial charge in [0.1, 0.15) is 17.3 Å². The predicted molar refractivity (Wildman–Crippen MR) is 76.8 cm³/mol. The average Bonchev–Trinajstić information content (AvgIpc) is 2.43. The molecule has 20 heavy (non-hydrogen) atoms. The molecule has 2 nitrogen and oxygen atoms in total. The van der Waals surface area contributed by atoms with Crippen LogP contribution in [0.3, 0.4) is 0 Å². The van der Waals surface area contributed by atoms with E-state index < -0.39 is 5.82 Å². The molecule has 0 atom stereocenters. The Morgan fingerprint density at radius 2 is 1.85 bits per heavy atom. The Kier molecular flexibility index (Phi) is 4.74. The highest BCUT2D eigenvalue weighted by molar-refractivity contribution is 6.31. The first kappa shape index (κ1) is 14.5. The van der Waals surface area contributed by atoms with Gasteiger partial charge in [0.2, 0.25) is 0 Å². The van der Waals surface area contributed by atoms with Crippen LogP contribution in [0.4, 0.5) is 4.39 Å². The highest BCUT2D eigenvalue weighted by Crippen LogP contribution is 2.21. The second-order valence-corrected chi connectivity index (χ2v) is 4.85. The molecule has 2 aromatic rings. The monoisotopic (exact) mass is 292 g/mol. The molecule has 4 heteroatoms. The van der Waals surface area contributed by atoms with E-state index in [0.29, 0.717) is 16.3 Å². The molecule has 0 heterocycles. The fourth-order valence-electron chi connectivity index (χ4n) is 2.02. The summed E-state index contributed by atoms with van der Waals surface area (Å²) in [6.07, 6.45) is 0.339. The summed E-state index contributed by atoms with van der Waals surface area (Å²) in [5.41, 5.74) is 1.32. The van der Waals surface area contributed by atoms with Crippen molar-refractivity contribution in [3.63, 3.8) is 0 Å². The van der Waals surface area contributed by atoms with Crippen molar-refractivity contribution in [1.29, 1.82) is 0 Å². The van der Waals surface area contributed by atoms with Crippen molar-refractivity contribution in [3.8, 4) is 5.75 Å². The summed E-state index contributed by atoms with van der Waals surface area (Å²) in [5, 5.41) is 0.403. The summed E-state index contributed by atoms with van der Waals surface area (Å²) in [6.45, 7) is 0. The lowest BCUT2D eigenvalue weighted by molar-refractivity contribution is -0.117. The van der Waals surface area contributed by atoms with E-state index in [1.807, 2.05) is 18.2 Å². The first-order valence-electron chi connectivity index (χ1n) is 6.17. The fraction of sp³-hybridized carbons (Fsp3) is 0.188. The van der Waals surface area contributed by atoms with Crippen molar-refractivity contribution >= 4 is 17.4 Å². The van der Waals surface area contributed by atoms with Crippen LogP contribution in [0, 0.1) is 5.82 Å². The van der Waals surface area contributed by atoms with Gasteiger partial charge in [-0.25, -0.2) is 4.39 Å². The van der Waals surface area contributed by atoms with Gasteiger partial charge in [-0.05, 0) is 29.8 Å². The van der Waals surface area contributed by atoms with Crippen molar-refractivity contribution < 1.29 is 13.9 Å². The molecule has 0 amide bonds. The summed E-state index contributed by atoms with van der Waals surface area (Å²) in [7, 11) is 1.56. The largest absolute Gasteiger partial charge is 0.496 e. The van der Waals surface area contributed by atoms with Gasteiger partial charge in [0, 0.05) is 23.4 Å². The molecule has 0 aliphatic rings. The molecular formula is C16H14ClFO2. The first-order valence-corrected chi connectivity index (χ1v) is 6.55. The van der Waals surface area contributed by atoms with Gasteiger partial charge >= 0.3 is 0 Å². The Morgan fingerprint density at radius 1 is 1.15 bits per heavy atom. The summed E-state index contributed by atoms with van der Waals surface area (Å²) >= 11 is 5.96. The topological polar surface area (TPSA) is 26.3 Å². The zero-order valence-electron chi connectivity index (χ0n) is 11.0. The van der Waals surface area contributed by atoms with Gasteiger partial charge in [0.25, 0.3) is 0 Å². The van der Waals surface area contributed by atoms with Crippen molar-refractivity contribution in [2.24, 2.45) is 0 Å². The maximum Gasteiger partial charge on any atom is 0.141 e. The van der Waals surface area contributed by atoms with E-state index >= 15 is 0 Å². The molecule has 0 radical (unpaired) electrons. The van der Waals surface area contributed by atoms with Crippen LogP contribution in [0.25, 0.3) is 0 Å². The molecule has 0 aliphatic heterocycles. The van der Waals surface area contributed by atoms with Gasteiger partial charge in [-0.3, -0.25) is 4.79 Å². The third kappa shape index (κ3) is 3.58. The quantitative estimate of drug-likeness (QED) is 0.837. The number of para-hydroxylation sites is 1. The molecule has 0 fully saturated rings. The molecule has 0 saturated heterocycles. The molecule has 2 aromatic carbocycles. The smallest absolute Gasteiger partial charge is 0.141 e. The minimum atomic E-state index is -0.394. The standard InChI is InChI=1S/C16H14ClFO2/c1-20-16-5-3-2-4-11(16)9-14(19)10-12-8-13(18)6-7-15(12)17/h2-8H,9-10H2,1H3. The highest BCUT2D eigenvalue weighted by atomic mass is 35.5. The number of hydrogen-bond donors (Lipinski definition) is 0. The van der Waals surface area contributed by atoms with Crippen LogP contribution in [0.2, 0.25) is 5.02 Å². The Labute approximate surface area is 122 Å². The van der Waals surface area contributed by atoms with Crippen molar-refractivity contribution in [2.75, 3.05) is 7.11 Å². The van der Waals surface area contributed by atoms with E-state index in [2.05, 4.69) is 0 Å². The molecule has 0 N–H and O–H groups in total. The molecule has 2 rings (SSSR count). The number of methoxy groups -OCH3 is 1. The summed E-state index contributed by atoms with van der Waals surface area (Å²) in [5.74, 6) is 0.239. The van der Waals surface area contributed by atoms with Gasteiger partial charge in [-0.1, -0.05) is 29.8 Å². The van der Waals surface area contributed by atoms with E-state index in [1.165, 1.54) is 18.2 Å². The molecule has 0 bridgehead atoms. The van der Waals surface area contributed by atoms with Crippen molar-refractivity contribution in [3.05, 3.63) is 64.4 Å². The number of ketones is 1. The molecule has 0 unspecified atom stereocenters. The summed E-state index contributed by atoms with van der Waals surface area (Å²) < 4.78 is 18.4. The number of Topliss-reactive ketones (excluding diaryl/α,β-unsaturated/α-hetero) is 1. The van der Waals surface area contributed by atoms with Gasteiger partial charge in [-0.15, -0.1) is 0 Å². The van der Waals surface area contributed by atoms with Gasteiger partial charge in [0.05, 0.1) is 7.11 Å². The molecular weight excluding hydrogens is 279 g/mol. The Bertz CT molecular complexity index is 626. The average molecular weight is 293 g/mol. The van der Waals surface area contributed by atoms with Crippen LogP contribution in [-0.2, 0) is 17.6 Å². The number of carbonyl (C=O) groups is 1. The Morgan fingerprint density at radius 3 is 2.60 bits per heavy atom. The van der Waals surface area contributed by atoms with Crippen LogP contribution in [0.5, 0.6) is 5.75 Å². The lowest BCUT2D eigenvalue weighted by Gasteiger charge is -2.08. The van der Waals surface area contributed by atoms with Crippen LogP contribution in [-0.4, -0.2) is 12.9 Å². The number of carbonyl (C=O) groups excluding carboxylic acids is 1. The summed E-state index contributed by atoms with van der Waals surface area (Å²) in [4.78, 5) is 12.1. The summed E-state index contributed by atoms with van der Waals surface area (Å²) in [6, 6.07) is 11.4. The zero-order valence-corrected chi connectivity index (χ0v) is 11.8. The van der Waals surface area contributed by atoms with Gasteiger partial charge < -0.3 is 4.74 Å². The fourth-order valence-corrected chi connectivity index (χ4v) is 2.20. The van der Waals surface area contributed by atoms with Crippen molar-refractivity contribution in [2.45, 2.75) is 12.8 Å². The van der Waals surface area contributed by atoms with E-state index in [0.717, 1.165) is 5.56 Å².